The molecule has 1 rings (SSSR count). The smallest absolute Gasteiger partial charge is 0.305 e. The lowest BCUT2D eigenvalue weighted by Crippen LogP contribution is -2.54. The largest absolute Gasteiger partial charge is 0.481 e. The number of carboxylic acids is 1. The fraction of sp³-hybridized carbons (Fsp3) is 0.667. The van der Waals surface area contributed by atoms with E-state index < -0.39 is 24.3 Å². The minimum atomic E-state index is -1.12. The predicted molar refractivity (Wildman–Crippen MR) is 54.4 cm³/mol. The first-order chi connectivity index (χ1) is 7.41. The molecule has 1 saturated heterocycles. The number of piperazine rings is 1. The molecular weight excluding hydrogens is 214 g/mol. The first-order valence-electron chi connectivity index (χ1n) is 4.92. The van der Waals surface area contributed by atoms with Crippen LogP contribution in [0.3, 0.4) is 0 Å². The lowest BCUT2D eigenvalue weighted by Gasteiger charge is -2.33. The summed E-state index contributed by atoms with van der Waals surface area (Å²) in [5.74, 6) is -1.77. The summed E-state index contributed by atoms with van der Waals surface area (Å²) in [6.07, 6.45) is -0.417. The summed E-state index contributed by atoms with van der Waals surface area (Å²) in [6.45, 7) is 0.821. The Labute approximate surface area is 92.8 Å². The molecule has 0 aromatic carbocycles. The van der Waals surface area contributed by atoms with E-state index in [1.807, 2.05) is 0 Å². The van der Waals surface area contributed by atoms with Crippen molar-refractivity contribution in [2.45, 2.75) is 12.5 Å². The molecule has 0 radical (unpaired) electrons. The molecule has 0 aromatic heterocycles. The topological polar surface area (TPSA) is 104 Å². The van der Waals surface area contributed by atoms with Gasteiger partial charge in [0, 0.05) is 20.1 Å². The van der Waals surface area contributed by atoms with E-state index in [1.54, 1.807) is 7.05 Å². The molecule has 2 amide bonds. The van der Waals surface area contributed by atoms with Gasteiger partial charge in [-0.25, -0.2) is 0 Å². The van der Waals surface area contributed by atoms with E-state index in [2.05, 4.69) is 0 Å². The molecule has 1 heterocycles. The number of likely N-dealkylation sites (N-methyl/N-ethyl adjacent to an activating group) is 1. The third-order valence-electron chi connectivity index (χ3n) is 2.48. The van der Waals surface area contributed by atoms with Gasteiger partial charge in [0.15, 0.2) is 0 Å². The maximum atomic E-state index is 11.7. The van der Waals surface area contributed by atoms with E-state index in [4.69, 9.17) is 10.8 Å². The van der Waals surface area contributed by atoms with E-state index >= 15 is 0 Å². The summed E-state index contributed by atoms with van der Waals surface area (Å²) in [4.78, 5) is 36.2. The van der Waals surface area contributed by atoms with E-state index in [-0.39, 0.29) is 12.5 Å². The Balaban J connectivity index is 2.54. The molecule has 1 aliphatic heterocycles. The number of hydrogen-bond acceptors (Lipinski definition) is 4. The molecule has 1 unspecified atom stereocenters. The van der Waals surface area contributed by atoms with Crippen molar-refractivity contribution in [1.82, 2.24) is 9.80 Å². The van der Waals surface area contributed by atoms with Crippen molar-refractivity contribution in [3.05, 3.63) is 0 Å². The molecule has 0 aliphatic carbocycles. The monoisotopic (exact) mass is 229 g/mol. The van der Waals surface area contributed by atoms with Crippen LogP contribution in [0.4, 0.5) is 0 Å². The van der Waals surface area contributed by atoms with Crippen LogP contribution in [-0.2, 0) is 14.4 Å². The van der Waals surface area contributed by atoms with Gasteiger partial charge in [0.2, 0.25) is 11.8 Å². The second kappa shape index (κ2) is 4.93. The van der Waals surface area contributed by atoms with Crippen LogP contribution in [0.1, 0.15) is 6.42 Å². The van der Waals surface area contributed by atoms with E-state index in [0.29, 0.717) is 13.1 Å². The lowest BCUT2D eigenvalue weighted by atomic mass is 10.2. The number of aliphatic carboxylic acids is 1. The first kappa shape index (κ1) is 12.4. The second-order valence-electron chi connectivity index (χ2n) is 3.78. The Bertz CT molecular complexity index is 318. The van der Waals surface area contributed by atoms with Gasteiger partial charge in [-0.2, -0.15) is 0 Å². The van der Waals surface area contributed by atoms with Crippen LogP contribution in [0.2, 0.25) is 0 Å². The Morgan fingerprint density at radius 1 is 1.50 bits per heavy atom. The minimum absolute atomic E-state index is 0.0251. The Hall–Kier alpha value is -1.63. The van der Waals surface area contributed by atoms with Crippen LogP contribution in [0.15, 0.2) is 0 Å². The molecule has 7 heteroatoms. The molecule has 1 fully saturated rings. The molecule has 1 aliphatic rings. The molecule has 0 bridgehead atoms. The van der Waals surface area contributed by atoms with Gasteiger partial charge >= 0.3 is 5.97 Å². The van der Waals surface area contributed by atoms with Crippen LogP contribution >= 0.6 is 0 Å². The van der Waals surface area contributed by atoms with Crippen molar-refractivity contribution in [2.24, 2.45) is 5.73 Å². The fourth-order valence-electron chi connectivity index (χ4n) is 1.46. The van der Waals surface area contributed by atoms with E-state index in [1.165, 1.54) is 9.80 Å². The van der Waals surface area contributed by atoms with Gasteiger partial charge in [-0.15, -0.1) is 0 Å². The first-order valence-corrected chi connectivity index (χ1v) is 4.92. The quantitative estimate of drug-likeness (QED) is 0.587. The molecule has 7 nitrogen and oxygen atoms in total. The van der Waals surface area contributed by atoms with Gasteiger partial charge in [0.1, 0.15) is 0 Å². The van der Waals surface area contributed by atoms with Crippen LogP contribution in [0, 0.1) is 0 Å². The SMILES string of the molecule is CN1CCN(C(=O)C(N)CC(=O)O)CC1=O. The van der Waals surface area contributed by atoms with Crippen molar-refractivity contribution < 1.29 is 19.5 Å². The van der Waals surface area contributed by atoms with Crippen LogP contribution in [0.25, 0.3) is 0 Å². The van der Waals surface area contributed by atoms with Gasteiger partial charge in [-0.1, -0.05) is 0 Å². The lowest BCUT2D eigenvalue weighted by molar-refractivity contribution is -0.147. The van der Waals surface area contributed by atoms with Crippen molar-refractivity contribution in [1.29, 1.82) is 0 Å². The highest BCUT2D eigenvalue weighted by molar-refractivity contribution is 5.90. The highest BCUT2D eigenvalue weighted by Gasteiger charge is 2.28. The summed E-state index contributed by atoms with van der Waals surface area (Å²) in [5.41, 5.74) is 5.43. The van der Waals surface area contributed by atoms with Gasteiger partial charge in [-0.05, 0) is 0 Å². The van der Waals surface area contributed by atoms with Gasteiger partial charge in [-0.3, -0.25) is 14.4 Å². The third-order valence-corrected chi connectivity index (χ3v) is 2.48. The Kier molecular flexibility index (Phi) is 3.83. The molecular formula is C9H15N3O4. The normalized spacial score (nSPS) is 18.5. The number of nitrogens with two attached hydrogens (primary N) is 1. The van der Waals surface area contributed by atoms with Crippen LogP contribution < -0.4 is 5.73 Å². The summed E-state index contributed by atoms with van der Waals surface area (Å²) >= 11 is 0. The maximum Gasteiger partial charge on any atom is 0.305 e. The van der Waals surface area contributed by atoms with Crippen molar-refractivity contribution in [3.63, 3.8) is 0 Å². The average Bonchev–Trinajstić information content (AvgIpc) is 2.20. The number of hydrogen-bond donors (Lipinski definition) is 2. The number of rotatable bonds is 3. The minimum Gasteiger partial charge on any atom is -0.481 e. The Morgan fingerprint density at radius 2 is 2.12 bits per heavy atom. The average molecular weight is 229 g/mol. The highest BCUT2D eigenvalue weighted by Crippen LogP contribution is 2.04. The Morgan fingerprint density at radius 3 is 2.62 bits per heavy atom. The predicted octanol–water partition coefficient (Wildman–Crippen LogP) is -1.91. The van der Waals surface area contributed by atoms with Gasteiger partial charge in [0.05, 0.1) is 19.0 Å². The zero-order chi connectivity index (χ0) is 12.3. The zero-order valence-corrected chi connectivity index (χ0v) is 9.05. The maximum absolute atomic E-state index is 11.7. The number of amides is 2. The fourth-order valence-corrected chi connectivity index (χ4v) is 1.46. The van der Waals surface area contributed by atoms with Crippen LogP contribution in [-0.4, -0.2) is 65.4 Å². The van der Waals surface area contributed by atoms with E-state index in [9.17, 15) is 14.4 Å². The second-order valence-corrected chi connectivity index (χ2v) is 3.78. The number of carbonyl (C=O) groups excluding carboxylic acids is 2. The highest BCUT2D eigenvalue weighted by atomic mass is 16.4. The summed E-state index contributed by atoms with van der Waals surface area (Å²) in [7, 11) is 1.65. The molecule has 0 spiro atoms. The molecule has 16 heavy (non-hydrogen) atoms. The number of carbonyl (C=O) groups is 3. The van der Waals surface area contributed by atoms with Crippen molar-refractivity contribution >= 4 is 17.8 Å². The van der Waals surface area contributed by atoms with Crippen molar-refractivity contribution in [3.8, 4) is 0 Å². The van der Waals surface area contributed by atoms with Crippen molar-refractivity contribution in [2.75, 3.05) is 26.7 Å². The molecule has 0 saturated carbocycles. The summed E-state index contributed by atoms with van der Waals surface area (Å²) < 4.78 is 0. The van der Waals surface area contributed by atoms with Gasteiger partial charge < -0.3 is 20.6 Å². The summed E-state index contributed by atoms with van der Waals surface area (Å²) in [6, 6.07) is -1.08. The third kappa shape index (κ3) is 2.93. The van der Waals surface area contributed by atoms with E-state index in [0.717, 1.165) is 0 Å². The van der Waals surface area contributed by atoms with Crippen LogP contribution in [0.5, 0.6) is 0 Å². The van der Waals surface area contributed by atoms with Gasteiger partial charge in [0.25, 0.3) is 0 Å². The standard InChI is InChI=1S/C9H15N3O4/c1-11-2-3-12(5-7(11)13)9(16)6(10)4-8(14)15/h6H,2-5,10H2,1H3,(H,14,15). The number of carboxylic acid groups (broad SMARTS) is 1. The number of nitrogens with zero attached hydrogens (tertiary/aromatic N) is 2. The molecule has 0 aromatic rings. The molecule has 1 atom stereocenters. The molecule has 90 valence electrons. The molecule has 3 N–H and O–H groups in total. The zero-order valence-electron chi connectivity index (χ0n) is 9.05. The summed E-state index contributed by atoms with van der Waals surface area (Å²) in [5, 5.41) is 8.50.